The number of amides is 1. The average Bonchev–Trinajstić information content (AvgIpc) is 2.66. The number of esters is 1. The Kier molecular flexibility index (Phi) is 7.21. The van der Waals surface area contributed by atoms with Crippen molar-refractivity contribution < 1.29 is 14.3 Å². The number of nitrogens with one attached hydrogen (secondary N) is 1. The molecule has 5 heteroatoms. The Labute approximate surface area is 155 Å². The maximum atomic E-state index is 12.2. The van der Waals surface area contributed by atoms with Gasteiger partial charge in [-0.05, 0) is 30.2 Å². The van der Waals surface area contributed by atoms with Crippen LogP contribution in [0.25, 0.3) is 0 Å². The van der Waals surface area contributed by atoms with Crippen molar-refractivity contribution in [2.45, 2.75) is 25.8 Å². The Hall–Kier alpha value is -2.82. The third-order valence-corrected chi connectivity index (χ3v) is 4.05. The van der Waals surface area contributed by atoms with Gasteiger partial charge in [-0.15, -0.1) is 0 Å². The lowest BCUT2D eigenvalue weighted by molar-refractivity contribution is -0.125. The zero-order valence-corrected chi connectivity index (χ0v) is 15.6. The van der Waals surface area contributed by atoms with Crippen LogP contribution in [0.2, 0.25) is 0 Å². The van der Waals surface area contributed by atoms with Gasteiger partial charge in [-0.25, -0.2) is 4.79 Å². The van der Waals surface area contributed by atoms with Crippen molar-refractivity contribution >= 4 is 17.6 Å². The first-order valence-electron chi connectivity index (χ1n) is 8.80. The molecule has 0 heterocycles. The molecule has 2 aromatic carbocycles. The molecule has 26 heavy (non-hydrogen) atoms. The molecule has 0 aromatic heterocycles. The van der Waals surface area contributed by atoms with E-state index in [-0.39, 0.29) is 18.6 Å². The van der Waals surface area contributed by atoms with E-state index >= 15 is 0 Å². The van der Waals surface area contributed by atoms with E-state index in [0.29, 0.717) is 5.56 Å². The van der Waals surface area contributed by atoms with Crippen LogP contribution >= 0.6 is 0 Å². The van der Waals surface area contributed by atoms with Gasteiger partial charge in [0.1, 0.15) is 0 Å². The summed E-state index contributed by atoms with van der Waals surface area (Å²) >= 11 is 0. The number of hydrogen-bond acceptors (Lipinski definition) is 4. The van der Waals surface area contributed by atoms with Gasteiger partial charge in [-0.3, -0.25) is 4.79 Å². The van der Waals surface area contributed by atoms with Gasteiger partial charge >= 0.3 is 5.97 Å². The second kappa shape index (κ2) is 9.61. The first-order chi connectivity index (χ1) is 12.5. The van der Waals surface area contributed by atoms with Crippen molar-refractivity contribution in [2.24, 2.45) is 0 Å². The first kappa shape index (κ1) is 19.5. The first-order valence-corrected chi connectivity index (χ1v) is 8.80. The third kappa shape index (κ3) is 5.62. The molecule has 0 aliphatic heterocycles. The van der Waals surface area contributed by atoms with Crippen LogP contribution in [0.15, 0.2) is 54.6 Å². The van der Waals surface area contributed by atoms with Crippen LogP contribution < -0.4 is 10.2 Å². The summed E-state index contributed by atoms with van der Waals surface area (Å²) in [6.45, 7) is 1.78. The standard InChI is InChI=1S/C21H26N2O3/c1-4-9-19(16-10-6-5-7-11-16)22-20(24)15-26-21(25)17-12-8-13-18(14-17)23(2)3/h5-8,10-14,19H,4,9,15H2,1-3H3,(H,22,24)/t19-/m1/s1. The van der Waals surface area contributed by atoms with E-state index in [2.05, 4.69) is 12.2 Å². The lowest BCUT2D eigenvalue weighted by atomic mass is 10.0. The SMILES string of the molecule is CCC[C@@H](NC(=O)COC(=O)c1cccc(N(C)C)c1)c1ccccc1. The molecular weight excluding hydrogens is 328 g/mol. The maximum absolute atomic E-state index is 12.2. The number of ether oxygens (including phenoxy) is 1. The monoisotopic (exact) mass is 354 g/mol. The zero-order chi connectivity index (χ0) is 18.9. The van der Waals surface area contributed by atoms with E-state index in [4.69, 9.17) is 4.74 Å². The molecular formula is C21H26N2O3. The summed E-state index contributed by atoms with van der Waals surface area (Å²) < 4.78 is 5.17. The number of nitrogens with zero attached hydrogens (tertiary/aromatic N) is 1. The average molecular weight is 354 g/mol. The van der Waals surface area contributed by atoms with E-state index in [1.807, 2.05) is 55.4 Å². The van der Waals surface area contributed by atoms with E-state index in [1.54, 1.807) is 18.2 Å². The lowest BCUT2D eigenvalue weighted by Gasteiger charge is -2.18. The van der Waals surface area contributed by atoms with Crippen molar-refractivity contribution in [1.29, 1.82) is 0 Å². The van der Waals surface area contributed by atoms with Crippen LogP contribution in [-0.2, 0) is 9.53 Å². The predicted octanol–water partition coefficient (Wildman–Crippen LogP) is 3.57. The number of hydrogen-bond donors (Lipinski definition) is 1. The number of benzene rings is 2. The quantitative estimate of drug-likeness (QED) is 0.736. The Morgan fingerprint density at radius 1 is 1.08 bits per heavy atom. The van der Waals surface area contributed by atoms with E-state index in [0.717, 1.165) is 24.1 Å². The summed E-state index contributed by atoms with van der Waals surface area (Å²) in [4.78, 5) is 26.3. The van der Waals surface area contributed by atoms with Crippen molar-refractivity contribution in [1.82, 2.24) is 5.32 Å². The number of rotatable bonds is 8. The van der Waals surface area contributed by atoms with Gasteiger partial charge < -0.3 is 15.0 Å². The second-order valence-electron chi connectivity index (χ2n) is 6.34. The number of carbonyl (C=O) groups excluding carboxylic acids is 2. The Morgan fingerprint density at radius 2 is 1.81 bits per heavy atom. The van der Waals surface area contributed by atoms with E-state index < -0.39 is 5.97 Å². The molecule has 0 unspecified atom stereocenters. The molecule has 138 valence electrons. The predicted molar refractivity (Wildman–Crippen MR) is 103 cm³/mol. The fourth-order valence-corrected chi connectivity index (χ4v) is 2.66. The highest BCUT2D eigenvalue weighted by molar-refractivity contribution is 5.92. The molecule has 2 aromatic rings. The summed E-state index contributed by atoms with van der Waals surface area (Å²) in [6, 6.07) is 16.8. The molecule has 5 nitrogen and oxygen atoms in total. The summed E-state index contributed by atoms with van der Waals surface area (Å²) in [7, 11) is 3.80. The van der Waals surface area contributed by atoms with Gasteiger partial charge in [-0.2, -0.15) is 0 Å². The maximum Gasteiger partial charge on any atom is 0.338 e. The highest BCUT2D eigenvalue weighted by atomic mass is 16.5. The molecule has 2 rings (SSSR count). The van der Waals surface area contributed by atoms with Crippen molar-refractivity contribution in [3.05, 3.63) is 65.7 Å². The highest BCUT2D eigenvalue weighted by Crippen LogP contribution is 2.18. The molecule has 0 radical (unpaired) electrons. The molecule has 0 aliphatic carbocycles. The topological polar surface area (TPSA) is 58.6 Å². The largest absolute Gasteiger partial charge is 0.452 e. The number of carbonyl (C=O) groups is 2. The molecule has 0 saturated heterocycles. The summed E-state index contributed by atoms with van der Waals surface area (Å²) in [5.41, 5.74) is 2.38. The Balaban J connectivity index is 1.92. The summed E-state index contributed by atoms with van der Waals surface area (Å²) in [5, 5.41) is 2.95. The van der Waals surface area contributed by atoms with Crippen LogP contribution in [0.5, 0.6) is 0 Å². The molecule has 0 bridgehead atoms. The molecule has 0 saturated carbocycles. The Morgan fingerprint density at radius 3 is 2.46 bits per heavy atom. The molecule has 1 amide bonds. The molecule has 0 spiro atoms. The molecule has 1 N–H and O–H groups in total. The van der Waals surface area contributed by atoms with Crippen LogP contribution in [0.3, 0.4) is 0 Å². The van der Waals surface area contributed by atoms with Gasteiger partial charge in [0, 0.05) is 19.8 Å². The Bertz CT molecular complexity index is 729. The van der Waals surface area contributed by atoms with Crippen molar-refractivity contribution in [3.8, 4) is 0 Å². The highest BCUT2D eigenvalue weighted by Gasteiger charge is 2.16. The summed E-state index contributed by atoms with van der Waals surface area (Å²) in [6.07, 6.45) is 1.77. The fourth-order valence-electron chi connectivity index (χ4n) is 2.66. The minimum atomic E-state index is -0.504. The second-order valence-corrected chi connectivity index (χ2v) is 6.34. The number of anilines is 1. The van der Waals surface area contributed by atoms with Gasteiger partial charge in [0.25, 0.3) is 5.91 Å². The van der Waals surface area contributed by atoms with Gasteiger partial charge in [0.05, 0.1) is 11.6 Å². The van der Waals surface area contributed by atoms with Gasteiger partial charge in [0.2, 0.25) is 0 Å². The smallest absolute Gasteiger partial charge is 0.338 e. The molecule has 0 fully saturated rings. The molecule has 0 aliphatic rings. The van der Waals surface area contributed by atoms with Gasteiger partial charge in [-0.1, -0.05) is 49.7 Å². The lowest BCUT2D eigenvalue weighted by Crippen LogP contribution is -2.32. The van der Waals surface area contributed by atoms with Crippen LogP contribution in [-0.4, -0.2) is 32.6 Å². The van der Waals surface area contributed by atoms with Crippen molar-refractivity contribution in [3.63, 3.8) is 0 Å². The van der Waals surface area contributed by atoms with Crippen molar-refractivity contribution in [2.75, 3.05) is 25.6 Å². The van der Waals surface area contributed by atoms with E-state index in [9.17, 15) is 9.59 Å². The fraction of sp³-hybridized carbons (Fsp3) is 0.333. The van der Waals surface area contributed by atoms with Crippen LogP contribution in [0, 0.1) is 0 Å². The van der Waals surface area contributed by atoms with E-state index in [1.165, 1.54) is 0 Å². The summed E-state index contributed by atoms with van der Waals surface area (Å²) in [5.74, 6) is -0.806. The third-order valence-electron chi connectivity index (χ3n) is 4.05. The molecule has 1 atom stereocenters. The van der Waals surface area contributed by atoms with Crippen LogP contribution in [0.1, 0.15) is 41.7 Å². The van der Waals surface area contributed by atoms with Crippen LogP contribution in [0.4, 0.5) is 5.69 Å². The minimum absolute atomic E-state index is 0.0792. The van der Waals surface area contributed by atoms with Gasteiger partial charge in [0.15, 0.2) is 6.61 Å². The normalized spacial score (nSPS) is 11.5. The minimum Gasteiger partial charge on any atom is -0.452 e. The zero-order valence-electron chi connectivity index (χ0n) is 15.6.